The van der Waals surface area contributed by atoms with Crippen LogP contribution in [-0.2, 0) is 22.7 Å². The summed E-state index contributed by atoms with van der Waals surface area (Å²) in [7, 11) is 0. The third kappa shape index (κ3) is 6.68. The number of halogens is 2. The van der Waals surface area contributed by atoms with E-state index in [-0.39, 0.29) is 31.5 Å². The van der Waals surface area contributed by atoms with Gasteiger partial charge in [0, 0.05) is 11.6 Å². The summed E-state index contributed by atoms with van der Waals surface area (Å²) in [6, 6.07) is 25.8. The number of hydrogen-bond donors (Lipinski definition) is 1. The second kappa shape index (κ2) is 12.3. The maximum Gasteiger partial charge on any atom is 0.261 e. The summed E-state index contributed by atoms with van der Waals surface area (Å²) in [5, 5.41) is 3.86. The van der Waals surface area contributed by atoms with Gasteiger partial charge < -0.3 is 19.4 Å². The third-order valence-electron chi connectivity index (χ3n) is 5.47. The Morgan fingerprint density at radius 3 is 2.31 bits per heavy atom. The number of benzene rings is 3. The summed E-state index contributed by atoms with van der Waals surface area (Å²) in [4.78, 5) is 28.6. The lowest BCUT2D eigenvalue weighted by atomic mass is 10.0. The fourth-order valence-corrected chi connectivity index (χ4v) is 4.00. The number of para-hydroxylation sites is 1. The molecule has 4 rings (SSSR count). The van der Waals surface area contributed by atoms with Crippen LogP contribution in [0.5, 0.6) is 5.75 Å². The standard InChI is InChI=1S/C28H24Cl2N2O4/c29-22-14-12-20(13-15-22)18-32(26(33)19-36-25-11-5-4-10-24(25)30)27(21-7-2-1-3-8-21)28(34)31-17-23-9-6-16-35-23/h1-16,27H,17-19H2,(H,31,34)/t27-/m1/s1. The van der Waals surface area contributed by atoms with E-state index in [0.717, 1.165) is 5.56 Å². The number of rotatable bonds is 10. The molecule has 0 saturated carbocycles. The monoisotopic (exact) mass is 522 g/mol. The molecule has 2 amide bonds. The van der Waals surface area contributed by atoms with Crippen LogP contribution >= 0.6 is 23.2 Å². The van der Waals surface area contributed by atoms with Gasteiger partial charge in [0.1, 0.15) is 17.6 Å². The zero-order chi connectivity index (χ0) is 25.3. The van der Waals surface area contributed by atoms with Gasteiger partial charge in [0.05, 0.1) is 17.8 Å². The Labute approximate surface area is 219 Å². The molecular weight excluding hydrogens is 499 g/mol. The predicted molar refractivity (Wildman–Crippen MR) is 139 cm³/mol. The number of ether oxygens (including phenoxy) is 1. The van der Waals surface area contributed by atoms with Crippen LogP contribution in [0.2, 0.25) is 10.0 Å². The molecule has 0 spiro atoms. The van der Waals surface area contributed by atoms with Gasteiger partial charge in [-0.25, -0.2) is 0 Å². The lowest BCUT2D eigenvalue weighted by Crippen LogP contribution is -2.45. The molecule has 1 aromatic heterocycles. The Morgan fingerprint density at radius 2 is 1.61 bits per heavy atom. The molecule has 0 unspecified atom stereocenters. The SMILES string of the molecule is O=C(NCc1ccco1)[C@@H](c1ccccc1)N(Cc1ccc(Cl)cc1)C(=O)COc1ccccc1Cl. The zero-order valence-electron chi connectivity index (χ0n) is 19.3. The number of nitrogens with zero attached hydrogens (tertiary/aromatic N) is 1. The molecule has 0 aliphatic carbocycles. The second-order valence-electron chi connectivity index (χ2n) is 7.98. The van der Waals surface area contributed by atoms with E-state index in [1.54, 1.807) is 54.8 Å². The van der Waals surface area contributed by atoms with E-state index in [2.05, 4.69) is 5.32 Å². The quantitative estimate of drug-likeness (QED) is 0.275. The zero-order valence-corrected chi connectivity index (χ0v) is 20.8. The minimum absolute atomic E-state index is 0.162. The first kappa shape index (κ1) is 25.4. The first-order valence-electron chi connectivity index (χ1n) is 11.3. The lowest BCUT2D eigenvalue weighted by molar-refractivity contribution is -0.143. The van der Waals surface area contributed by atoms with Crippen LogP contribution in [0.4, 0.5) is 0 Å². The van der Waals surface area contributed by atoms with E-state index in [0.29, 0.717) is 27.1 Å². The van der Waals surface area contributed by atoms with E-state index in [1.807, 2.05) is 42.5 Å². The van der Waals surface area contributed by atoms with Crippen molar-refractivity contribution in [3.8, 4) is 5.75 Å². The average Bonchev–Trinajstić information content (AvgIpc) is 3.42. The highest BCUT2D eigenvalue weighted by molar-refractivity contribution is 6.32. The highest BCUT2D eigenvalue weighted by Gasteiger charge is 2.32. The number of nitrogens with one attached hydrogen (secondary N) is 1. The Hall–Kier alpha value is -3.74. The highest BCUT2D eigenvalue weighted by Crippen LogP contribution is 2.27. The molecule has 0 fully saturated rings. The Bertz CT molecular complexity index is 1280. The van der Waals surface area contributed by atoms with Crippen molar-refractivity contribution >= 4 is 35.0 Å². The molecular formula is C28H24Cl2N2O4. The molecule has 3 aromatic carbocycles. The summed E-state index contributed by atoms with van der Waals surface area (Å²) in [5.74, 6) is 0.259. The van der Waals surface area contributed by atoms with Gasteiger partial charge in [0.15, 0.2) is 6.61 Å². The van der Waals surface area contributed by atoms with E-state index in [9.17, 15) is 9.59 Å². The maximum absolute atomic E-state index is 13.6. The van der Waals surface area contributed by atoms with Gasteiger partial charge in [-0.1, -0.05) is 77.8 Å². The van der Waals surface area contributed by atoms with Crippen molar-refractivity contribution in [2.45, 2.75) is 19.1 Å². The summed E-state index contributed by atoms with van der Waals surface area (Å²) < 4.78 is 11.1. The molecule has 1 heterocycles. The first-order chi connectivity index (χ1) is 17.5. The molecule has 0 aliphatic heterocycles. The summed E-state index contributed by atoms with van der Waals surface area (Å²) in [6.45, 7) is 0.0516. The van der Waals surface area contributed by atoms with Crippen LogP contribution in [0, 0.1) is 0 Å². The molecule has 6 nitrogen and oxygen atoms in total. The van der Waals surface area contributed by atoms with Crippen LogP contribution in [0.15, 0.2) is 102 Å². The van der Waals surface area contributed by atoms with E-state index in [1.165, 1.54) is 4.90 Å². The number of hydrogen-bond acceptors (Lipinski definition) is 4. The molecule has 8 heteroatoms. The Morgan fingerprint density at radius 1 is 0.889 bits per heavy atom. The van der Waals surface area contributed by atoms with Crippen molar-refractivity contribution in [3.05, 3.63) is 124 Å². The van der Waals surface area contributed by atoms with Gasteiger partial charge in [0.25, 0.3) is 5.91 Å². The topological polar surface area (TPSA) is 71.8 Å². The van der Waals surface area contributed by atoms with Crippen molar-refractivity contribution in [3.63, 3.8) is 0 Å². The number of carbonyl (C=O) groups is 2. The van der Waals surface area contributed by atoms with E-state index in [4.69, 9.17) is 32.4 Å². The molecule has 0 saturated heterocycles. The molecule has 4 aromatic rings. The first-order valence-corrected chi connectivity index (χ1v) is 12.0. The second-order valence-corrected chi connectivity index (χ2v) is 8.82. The normalized spacial score (nSPS) is 11.5. The van der Waals surface area contributed by atoms with Crippen LogP contribution in [0.1, 0.15) is 22.9 Å². The fourth-order valence-electron chi connectivity index (χ4n) is 3.69. The van der Waals surface area contributed by atoms with Gasteiger partial charge in [0.2, 0.25) is 5.91 Å². The Kier molecular flexibility index (Phi) is 8.66. The summed E-state index contributed by atoms with van der Waals surface area (Å²) >= 11 is 12.3. The molecule has 0 radical (unpaired) electrons. The van der Waals surface area contributed by atoms with Crippen molar-refractivity contribution in [1.82, 2.24) is 10.2 Å². The maximum atomic E-state index is 13.6. The van der Waals surface area contributed by atoms with Gasteiger partial charge in [-0.3, -0.25) is 9.59 Å². The molecule has 0 aliphatic rings. The molecule has 0 bridgehead atoms. The van der Waals surface area contributed by atoms with Crippen LogP contribution < -0.4 is 10.1 Å². The van der Waals surface area contributed by atoms with Crippen molar-refractivity contribution in [2.24, 2.45) is 0 Å². The fraction of sp³-hybridized carbons (Fsp3) is 0.143. The lowest BCUT2D eigenvalue weighted by Gasteiger charge is -2.31. The van der Waals surface area contributed by atoms with Gasteiger partial charge >= 0.3 is 0 Å². The number of furan rings is 1. The van der Waals surface area contributed by atoms with Gasteiger partial charge in [-0.15, -0.1) is 0 Å². The summed E-state index contributed by atoms with van der Waals surface area (Å²) in [6.07, 6.45) is 1.54. The average molecular weight is 523 g/mol. The van der Waals surface area contributed by atoms with Crippen LogP contribution in [0.25, 0.3) is 0 Å². The minimum Gasteiger partial charge on any atom is -0.482 e. The van der Waals surface area contributed by atoms with Crippen LogP contribution in [0.3, 0.4) is 0 Å². The van der Waals surface area contributed by atoms with Crippen molar-refractivity contribution in [2.75, 3.05) is 6.61 Å². The third-order valence-corrected chi connectivity index (χ3v) is 6.03. The largest absolute Gasteiger partial charge is 0.482 e. The van der Waals surface area contributed by atoms with Crippen molar-refractivity contribution < 1.29 is 18.7 Å². The Balaban J connectivity index is 1.63. The molecule has 1 N–H and O–H groups in total. The smallest absolute Gasteiger partial charge is 0.261 e. The van der Waals surface area contributed by atoms with Crippen molar-refractivity contribution in [1.29, 1.82) is 0 Å². The predicted octanol–water partition coefficient (Wildman–Crippen LogP) is 6.05. The van der Waals surface area contributed by atoms with Gasteiger partial charge in [-0.05, 0) is 47.5 Å². The number of amides is 2. The molecule has 1 atom stereocenters. The van der Waals surface area contributed by atoms with E-state index >= 15 is 0 Å². The molecule has 36 heavy (non-hydrogen) atoms. The number of carbonyl (C=O) groups excluding carboxylic acids is 2. The summed E-state index contributed by atoms with van der Waals surface area (Å²) in [5.41, 5.74) is 1.47. The molecule has 184 valence electrons. The highest BCUT2D eigenvalue weighted by atomic mass is 35.5. The van der Waals surface area contributed by atoms with Crippen LogP contribution in [-0.4, -0.2) is 23.3 Å². The van der Waals surface area contributed by atoms with E-state index < -0.39 is 6.04 Å². The minimum atomic E-state index is -0.917. The van der Waals surface area contributed by atoms with Gasteiger partial charge in [-0.2, -0.15) is 0 Å².